The Morgan fingerprint density at radius 1 is 1.05 bits per heavy atom. The molecule has 0 aliphatic carbocycles. The van der Waals surface area contributed by atoms with E-state index >= 15 is 0 Å². The average Bonchev–Trinajstić information content (AvgIpc) is 2.35. The van der Waals surface area contributed by atoms with Crippen LogP contribution in [0.5, 0.6) is 0 Å². The maximum absolute atomic E-state index is 12.5. The van der Waals surface area contributed by atoms with Gasteiger partial charge in [0.15, 0.2) is 0 Å². The molecule has 0 heterocycles. The van der Waals surface area contributed by atoms with Crippen molar-refractivity contribution in [3.8, 4) is 0 Å². The second-order valence-corrected chi connectivity index (χ2v) is 5.29. The standard InChI is InChI=1S/C14H22F3N3/c1-19(2)8-9-20(3)10-13(18)11-4-6-12(7-5-11)14(15,16)17/h4-7,13H,8-10,18H2,1-3H3. The summed E-state index contributed by atoms with van der Waals surface area (Å²) in [7, 11) is 5.93. The lowest BCUT2D eigenvalue weighted by atomic mass is 10.0. The Hall–Kier alpha value is -1.11. The molecule has 1 aromatic carbocycles. The maximum atomic E-state index is 12.5. The number of rotatable bonds is 6. The van der Waals surface area contributed by atoms with Gasteiger partial charge in [-0.2, -0.15) is 13.2 Å². The summed E-state index contributed by atoms with van der Waals surface area (Å²) in [6.45, 7) is 2.39. The first-order chi connectivity index (χ1) is 9.20. The van der Waals surface area contributed by atoms with E-state index in [0.717, 1.165) is 30.8 Å². The predicted octanol–water partition coefficient (Wildman–Crippen LogP) is 2.20. The smallest absolute Gasteiger partial charge is 0.323 e. The van der Waals surface area contributed by atoms with Crippen molar-refractivity contribution in [3.05, 3.63) is 35.4 Å². The Kier molecular flexibility index (Phi) is 5.98. The van der Waals surface area contributed by atoms with Crippen LogP contribution in [-0.2, 0) is 6.18 Å². The Labute approximate surface area is 118 Å². The molecule has 0 aliphatic rings. The molecule has 0 saturated carbocycles. The first-order valence-corrected chi connectivity index (χ1v) is 6.46. The third-order valence-corrected chi connectivity index (χ3v) is 3.10. The highest BCUT2D eigenvalue weighted by molar-refractivity contribution is 5.26. The quantitative estimate of drug-likeness (QED) is 0.871. The number of halogens is 3. The van der Waals surface area contributed by atoms with Gasteiger partial charge >= 0.3 is 6.18 Å². The lowest BCUT2D eigenvalue weighted by Gasteiger charge is -2.23. The van der Waals surface area contributed by atoms with Gasteiger partial charge in [0.05, 0.1) is 5.56 Å². The van der Waals surface area contributed by atoms with E-state index in [0.29, 0.717) is 6.54 Å². The molecule has 1 atom stereocenters. The van der Waals surface area contributed by atoms with Gasteiger partial charge < -0.3 is 15.5 Å². The van der Waals surface area contributed by atoms with E-state index in [-0.39, 0.29) is 6.04 Å². The van der Waals surface area contributed by atoms with Gasteiger partial charge in [0.2, 0.25) is 0 Å². The summed E-state index contributed by atoms with van der Waals surface area (Å²) in [5, 5.41) is 0. The fraction of sp³-hybridized carbons (Fsp3) is 0.571. The molecular formula is C14H22F3N3. The fourth-order valence-electron chi connectivity index (χ4n) is 1.82. The second kappa shape index (κ2) is 7.06. The van der Waals surface area contributed by atoms with Crippen molar-refractivity contribution in [1.29, 1.82) is 0 Å². The molecule has 0 radical (unpaired) electrons. The lowest BCUT2D eigenvalue weighted by Crippen LogP contribution is -2.34. The Morgan fingerprint density at radius 2 is 1.60 bits per heavy atom. The Bertz CT molecular complexity index is 401. The topological polar surface area (TPSA) is 32.5 Å². The van der Waals surface area contributed by atoms with Crippen molar-refractivity contribution in [1.82, 2.24) is 9.80 Å². The van der Waals surface area contributed by atoms with E-state index in [9.17, 15) is 13.2 Å². The average molecular weight is 289 g/mol. The molecule has 0 fully saturated rings. The number of alkyl halides is 3. The van der Waals surface area contributed by atoms with Gasteiger partial charge in [0.1, 0.15) is 0 Å². The lowest BCUT2D eigenvalue weighted by molar-refractivity contribution is -0.137. The summed E-state index contributed by atoms with van der Waals surface area (Å²) in [5.41, 5.74) is 6.10. The zero-order valence-electron chi connectivity index (χ0n) is 12.1. The maximum Gasteiger partial charge on any atom is 0.416 e. The summed E-state index contributed by atoms with van der Waals surface area (Å²) in [6, 6.07) is 4.77. The van der Waals surface area contributed by atoms with Crippen LogP contribution in [-0.4, -0.2) is 50.6 Å². The molecule has 114 valence electrons. The van der Waals surface area contributed by atoms with Crippen LogP contribution < -0.4 is 5.73 Å². The van der Waals surface area contributed by atoms with Gasteiger partial charge in [-0.3, -0.25) is 0 Å². The van der Waals surface area contributed by atoms with E-state index in [1.54, 1.807) is 0 Å². The van der Waals surface area contributed by atoms with Gasteiger partial charge in [-0.05, 0) is 38.8 Å². The van der Waals surface area contributed by atoms with Crippen LogP contribution in [0.3, 0.4) is 0 Å². The number of nitrogens with two attached hydrogens (primary N) is 1. The van der Waals surface area contributed by atoms with Crippen LogP contribution in [0.15, 0.2) is 24.3 Å². The van der Waals surface area contributed by atoms with E-state index in [4.69, 9.17) is 5.73 Å². The molecule has 0 aliphatic heterocycles. The van der Waals surface area contributed by atoms with E-state index in [2.05, 4.69) is 9.80 Å². The first-order valence-electron chi connectivity index (χ1n) is 6.46. The summed E-state index contributed by atoms with van der Waals surface area (Å²) in [5.74, 6) is 0. The molecule has 1 unspecified atom stereocenters. The Morgan fingerprint density at radius 3 is 2.05 bits per heavy atom. The summed E-state index contributed by atoms with van der Waals surface area (Å²) in [4.78, 5) is 4.14. The number of benzene rings is 1. The van der Waals surface area contributed by atoms with Crippen molar-refractivity contribution in [2.75, 3.05) is 40.8 Å². The molecular weight excluding hydrogens is 267 g/mol. The SMILES string of the molecule is CN(C)CCN(C)CC(N)c1ccc(C(F)(F)F)cc1. The van der Waals surface area contributed by atoms with Crippen LogP contribution in [0.1, 0.15) is 17.2 Å². The minimum atomic E-state index is -4.30. The number of hydrogen-bond acceptors (Lipinski definition) is 3. The molecule has 3 nitrogen and oxygen atoms in total. The van der Waals surface area contributed by atoms with Gasteiger partial charge in [0, 0.05) is 25.7 Å². The van der Waals surface area contributed by atoms with E-state index in [1.165, 1.54) is 12.1 Å². The van der Waals surface area contributed by atoms with Crippen LogP contribution in [0.2, 0.25) is 0 Å². The van der Waals surface area contributed by atoms with Crippen molar-refractivity contribution in [2.24, 2.45) is 5.73 Å². The molecule has 1 rings (SSSR count). The summed E-state index contributed by atoms with van der Waals surface area (Å²) in [6.07, 6.45) is -4.30. The van der Waals surface area contributed by atoms with E-state index < -0.39 is 11.7 Å². The zero-order chi connectivity index (χ0) is 15.3. The second-order valence-electron chi connectivity index (χ2n) is 5.29. The highest BCUT2D eigenvalue weighted by atomic mass is 19.4. The summed E-state index contributed by atoms with van der Waals surface area (Å²) < 4.78 is 37.4. The zero-order valence-corrected chi connectivity index (χ0v) is 12.1. The fourth-order valence-corrected chi connectivity index (χ4v) is 1.82. The third kappa shape index (κ3) is 5.48. The monoisotopic (exact) mass is 289 g/mol. The largest absolute Gasteiger partial charge is 0.416 e. The highest BCUT2D eigenvalue weighted by Crippen LogP contribution is 2.29. The van der Waals surface area contributed by atoms with Crippen LogP contribution >= 0.6 is 0 Å². The van der Waals surface area contributed by atoms with Gasteiger partial charge in [-0.1, -0.05) is 12.1 Å². The molecule has 0 bridgehead atoms. The minimum absolute atomic E-state index is 0.288. The van der Waals surface area contributed by atoms with Gasteiger partial charge in [0.25, 0.3) is 0 Å². The van der Waals surface area contributed by atoms with E-state index in [1.807, 2.05) is 21.1 Å². The number of likely N-dealkylation sites (N-methyl/N-ethyl adjacent to an activating group) is 2. The number of hydrogen-bond donors (Lipinski definition) is 1. The van der Waals surface area contributed by atoms with Crippen LogP contribution in [0.25, 0.3) is 0 Å². The molecule has 0 saturated heterocycles. The molecule has 20 heavy (non-hydrogen) atoms. The van der Waals surface area contributed by atoms with Gasteiger partial charge in [-0.15, -0.1) is 0 Å². The molecule has 0 spiro atoms. The first kappa shape index (κ1) is 16.9. The molecule has 0 aromatic heterocycles. The summed E-state index contributed by atoms with van der Waals surface area (Å²) >= 11 is 0. The highest BCUT2D eigenvalue weighted by Gasteiger charge is 2.30. The van der Waals surface area contributed by atoms with Crippen molar-refractivity contribution >= 4 is 0 Å². The van der Waals surface area contributed by atoms with Gasteiger partial charge in [-0.25, -0.2) is 0 Å². The normalized spacial score (nSPS) is 14.1. The van der Waals surface area contributed by atoms with Crippen molar-refractivity contribution < 1.29 is 13.2 Å². The molecule has 2 N–H and O–H groups in total. The van der Waals surface area contributed by atoms with Crippen molar-refractivity contribution in [3.63, 3.8) is 0 Å². The molecule has 0 amide bonds. The number of nitrogens with zero attached hydrogens (tertiary/aromatic N) is 2. The third-order valence-electron chi connectivity index (χ3n) is 3.10. The van der Waals surface area contributed by atoms with Crippen LogP contribution in [0, 0.1) is 0 Å². The molecule has 6 heteroatoms. The predicted molar refractivity (Wildman–Crippen MR) is 74.4 cm³/mol. The van der Waals surface area contributed by atoms with Crippen LogP contribution in [0.4, 0.5) is 13.2 Å². The molecule has 1 aromatic rings. The Balaban J connectivity index is 2.57. The minimum Gasteiger partial charge on any atom is -0.323 e. The van der Waals surface area contributed by atoms with Crippen molar-refractivity contribution in [2.45, 2.75) is 12.2 Å².